The van der Waals surface area contributed by atoms with E-state index < -0.39 is 24.1 Å². The number of nitrogens with one attached hydrogen (secondary N) is 2. The molecule has 1 amide bonds. The predicted octanol–water partition coefficient (Wildman–Crippen LogP) is -0.362. The topological polar surface area (TPSA) is 106 Å². The molecule has 1 aromatic heterocycles. The van der Waals surface area contributed by atoms with Crippen LogP contribution in [-0.2, 0) is 4.79 Å². The van der Waals surface area contributed by atoms with Crippen LogP contribution in [0.2, 0.25) is 0 Å². The minimum Gasteiger partial charge on any atom is -0.480 e. The number of imidazole rings is 1. The number of carboxylic acid groups (broad SMARTS) is 1. The molecule has 0 spiro atoms. The van der Waals surface area contributed by atoms with Crippen LogP contribution in [-0.4, -0.2) is 44.4 Å². The van der Waals surface area contributed by atoms with Crippen LogP contribution in [0.1, 0.15) is 24.3 Å². The monoisotopic (exact) mass is 227 g/mol. The van der Waals surface area contributed by atoms with Gasteiger partial charge >= 0.3 is 11.7 Å². The van der Waals surface area contributed by atoms with Gasteiger partial charge in [0.05, 0.1) is 0 Å². The second-order valence-corrected chi connectivity index (χ2v) is 3.58. The molecular weight excluding hydrogens is 214 g/mol. The average Bonchev–Trinajstić information content (AvgIpc) is 2.59. The summed E-state index contributed by atoms with van der Waals surface area (Å²) in [6.07, 6.45) is 1.22. The number of rotatable bonds is 4. The summed E-state index contributed by atoms with van der Waals surface area (Å²) in [5.41, 5.74) is -0.442. The predicted molar refractivity (Wildman–Crippen MR) is 55.2 cm³/mol. The van der Waals surface area contributed by atoms with Gasteiger partial charge in [-0.25, -0.2) is 4.79 Å². The smallest absolute Gasteiger partial charge is 0.323 e. The van der Waals surface area contributed by atoms with Crippen LogP contribution in [0.4, 0.5) is 0 Å². The van der Waals surface area contributed by atoms with Gasteiger partial charge in [-0.15, -0.1) is 0 Å². The zero-order valence-electron chi connectivity index (χ0n) is 8.98. The minimum absolute atomic E-state index is 0.0555. The fraction of sp³-hybridized carbons (Fsp3) is 0.444. The van der Waals surface area contributed by atoms with Crippen LogP contribution in [0.25, 0.3) is 0 Å². The van der Waals surface area contributed by atoms with Crippen molar-refractivity contribution in [3.8, 4) is 0 Å². The zero-order valence-corrected chi connectivity index (χ0v) is 8.98. The first-order valence-corrected chi connectivity index (χ1v) is 4.72. The highest BCUT2D eigenvalue weighted by atomic mass is 16.4. The van der Waals surface area contributed by atoms with E-state index in [9.17, 15) is 14.4 Å². The molecule has 1 heterocycles. The van der Waals surface area contributed by atoms with Gasteiger partial charge in [0.15, 0.2) is 0 Å². The summed E-state index contributed by atoms with van der Waals surface area (Å²) in [6.45, 7) is 3.00. The minimum atomic E-state index is -1.10. The number of aliphatic carboxylic acids is 1. The maximum atomic E-state index is 11.8. The van der Waals surface area contributed by atoms with Gasteiger partial charge in [-0.05, 0) is 13.8 Å². The van der Waals surface area contributed by atoms with Gasteiger partial charge in [-0.1, -0.05) is 0 Å². The molecule has 7 nitrogen and oxygen atoms in total. The average molecular weight is 227 g/mol. The van der Waals surface area contributed by atoms with Crippen LogP contribution in [0, 0.1) is 0 Å². The number of carboxylic acids is 1. The van der Waals surface area contributed by atoms with Crippen molar-refractivity contribution in [1.29, 1.82) is 0 Å². The summed E-state index contributed by atoms with van der Waals surface area (Å²) in [5.74, 6) is -1.62. The lowest BCUT2D eigenvalue weighted by atomic mass is 10.3. The van der Waals surface area contributed by atoms with Crippen molar-refractivity contribution in [1.82, 2.24) is 14.9 Å². The molecule has 16 heavy (non-hydrogen) atoms. The number of aromatic nitrogens is 2. The Hall–Kier alpha value is -2.05. The van der Waals surface area contributed by atoms with Gasteiger partial charge in [0.2, 0.25) is 0 Å². The molecule has 0 atom stereocenters. The standard InChI is InChI=1S/C9H13N3O4/c1-5(2)12(4-7(13)14)8(15)6-3-10-9(16)11-6/h3,5H,4H2,1-2H3,(H,13,14)(H2,10,11,16). The molecule has 0 aliphatic rings. The molecule has 1 rings (SSSR count). The summed E-state index contributed by atoms with van der Waals surface area (Å²) in [7, 11) is 0. The molecule has 88 valence electrons. The quantitative estimate of drug-likeness (QED) is 0.652. The van der Waals surface area contributed by atoms with E-state index in [1.807, 2.05) is 0 Å². The molecule has 0 fully saturated rings. The number of carbonyl (C=O) groups is 2. The second kappa shape index (κ2) is 4.65. The van der Waals surface area contributed by atoms with E-state index in [0.29, 0.717) is 0 Å². The molecule has 0 saturated heterocycles. The third kappa shape index (κ3) is 2.72. The van der Waals surface area contributed by atoms with Gasteiger partial charge in [0.25, 0.3) is 5.91 Å². The number of nitrogens with zero attached hydrogens (tertiary/aromatic N) is 1. The second-order valence-electron chi connectivity index (χ2n) is 3.58. The van der Waals surface area contributed by atoms with E-state index in [2.05, 4.69) is 9.97 Å². The van der Waals surface area contributed by atoms with Gasteiger partial charge < -0.3 is 20.0 Å². The Balaban J connectivity index is 2.91. The number of hydrogen-bond donors (Lipinski definition) is 3. The molecule has 0 saturated carbocycles. The fourth-order valence-electron chi connectivity index (χ4n) is 1.24. The molecular formula is C9H13N3O4. The van der Waals surface area contributed by atoms with Crippen LogP contribution >= 0.6 is 0 Å². The summed E-state index contributed by atoms with van der Waals surface area (Å²) in [6, 6.07) is -0.262. The molecule has 3 N–H and O–H groups in total. The molecule has 0 unspecified atom stereocenters. The van der Waals surface area contributed by atoms with Crippen molar-refractivity contribution in [2.75, 3.05) is 6.54 Å². The molecule has 0 aliphatic carbocycles. The van der Waals surface area contributed by atoms with Crippen molar-refractivity contribution >= 4 is 11.9 Å². The van der Waals surface area contributed by atoms with Crippen molar-refractivity contribution in [3.63, 3.8) is 0 Å². The Morgan fingerprint density at radius 2 is 2.12 bits per heavy atom. The Kier molecular flexibility index (Phi) is 3.49. The summed E-state index contributed by atoms with van der Waals surface area (Å²) in [5, 5.41) is 8.66. The number of amides is 1. The largest absolute Gasteiger partial charge is 0.480 e. The van der Waals surface area contributed by atoms with E-state index in [1.165, 1.54) is 6.20 Å². The number of aromatic amines is 2. The molecule has 0 radical (unpaired) electrons. The first kappa shape index (κ1) is 12.0. The Morgan fingerprint density at radius 1 is 1.50 bits per heavy atom. The molecule has 7 heteroatoms. The van der Waals surface area contributed by atoms with Gasteiger partial charge in [-0.3, -0.25) is 9.59 Å². The molecule has 0 aliphatic heterocycles. The van der Waals surface area contributed by atoms with Crippen molar-refractivity contribution < 1.29 is 14.7 Å². The normalized spacial score (nSPS) is 10.4. The SMILES string of the molecule is CC(C)N(CC(=O)O)C(=O)c1c[nH]c(=O)[nH]1. The summed E-state index contributed by atoms with van der Waals surface area (Å²) >= 11 is 0. The Bertz CT molecular complexity index is 446. The van der Waals surface area contributed by atoms with Gasteiger partial charge in [0, 0.05) is 12.2 Å². The third-order valence-corrected chi connectivity index (χ3v) is 2.02. The van der Waals surface area contributed by atoms with Crippen LogP contribution in [0.3, 0.4) is 0 Å². The van der Waals surface area contributed by atoms with Gasteiger partial charge in [0.1, 0.15) is 12.2 Å². The van der Waals surface area contributed by atoms with Crippen molar-refractivity contribution in [2.24, 2.45) is 0 Å². The Labute approximate surface area is 91.1 Å². The number of H-pyrrole nitrogens is 2. The first-order chi connectivity index (χ1) is 7.41. The third-order valence-electron chi connectivity index (χ3n) is 2.02. The van der Waals surface area contributed by atoms with E-state index in [-0.39, 0.29) is 11.7 Å². The summed E-state index contributed by atoms with van der Waals surface area (Å²) in [4.78, 5) is 38.9. The van der Waals surface area contributed by atoms with Crippen LogP contribution in [0.5, 0.6) is 0 Å². The molecule has 0 aromatic carbocycles. The fourth-order valence-corrected chi connectivity index (χ4v) is 1.24. The van der Waals surface area contributed by atoms with E-state index in [1.54, 1.807) is 13.8 Å². The first-order valence-electron chi connectivity index (χ1n) is 4.72. The highest BCUT2D eigenvalue weighted by Gasteiger charge is 2.22. The zero-order chi connectivity index (χ0) is 12.3. The number of hydrogen-bond acceptors (Lipinski definition) is 3. The molecule has 0 bridgehead atoms. The number of carbonyl (C=O) groups excluding carboxylic acids is 1. The maximum absolute atomic E-state index is 11.8. The highest BCUT2D eigenvalue weighted by Crippen LogP contribution is 2.04. The van der Waals surface area contributed by atoms with Crippen molar-refractivity contribution in [2.45, 2.75) is 19.9 Å². The van der Waals surface area contributed by atoms with E-state index in [0.717, 1.165) is 4.90 Å². The Morgan fingerprint density at radius 3 is 2.50 bits per heavy atom. The lowest BCUT2D eigenvalue weighted by molar-refractivity contribution is -0.138. The highest BCUT2D eigenvalue weighted by molar-refractivity contribution is 5.94. The van der Waals surface area contributed by atoms with E-state index >= 15 is 0 Å². The van der Waals surface area contributed by atoms with Crippen LogP contribution < -0.4 is 5.69 Å². The van der Waals surface area contributed by atoms with Gasteiger partial charge in [-0.2, -0.15) is 0 Å². The molecule has 1 aromatic rings. The van der Waals surface area contributed by atoms with E-state index in [4.69, 9.17) is 5.11 Å². The summed E-state index contributed by atoms with van der Waals surface area (Å²) < 4.78 is 0. The lowest BCUT2D eigenvalue weighted by Crippen LogP contribution is -2.41. The lowest BCUT2D eigenvalue weighted by Gasteiger charge is -2.23. The maximum Gasteiger partial charge on any atom is 0.323 e. The van der Waals surface area contributed by atoms with Crippen molar-refractivity contribution in [3.05, 3.63) is 22.4 Å². The van der Waals surface area contributed by atoms with Crippen LogP contribution in [0.15, 0.2) is 11.0 Å².